The molecule has 2 aliphatic rings. The number of benzene rings is 1. The molecule has 25 heavy (non-hydrogen) atoms. The van der Waals surface area contributed by atoms with E-state index in [-0.39, 0.29) is 12.5 Å². The van der Waals surface area contributed by atoms with Crippen molar-refractivity contribution in [2.24, 2.45) is 0 Å². The molecule has 0 N–H and O–H groups in total. The van der Waals surface area contributed by atoms with Crippen molar-refractivity contribution in [2.45, 2.75) is 32.4 Å². The number of rotatable bonds is 5. The van der Waals surface area contributed by atoms with E-state index < -0.39 is 0 Å². The number of hydrogen-bond donors (Lipinski definition) is 0. The maximum atomic E-state index is 12.6. The molecule has 2 aromatic rings. The van der Waals surface area contributed by atoms with Crippen LogP contribution in [0.1, 0.15) is 34.9 Å². The van der Waals surface area contributed by atoms with Gasteiger partial charge in [0.25, 0.3) is 5.91 Å². The second-order valence-electron chi connectivity index (χ2n) is 6.60. The Balaban J connectivity index is 1.31. The SMILES string of the molecule is Cc1nc(COc2ccc(C(=O)N3CCN(C4CC4)CC3)cc2)no1. The average molecular weight is 342 g/mol. The van der Waals surface area contributed by atoms with Crippen LogP contribution in [0.4, 0.5) is 0 Å². The van der Waals surface area contributed by atoms with Crippen molar-refractivity contribution in [2.75, 3.05) is 26.2 Å². The van der Waals surface area contributed by atoms with Crippen LogP contribution in [0.2, 0.25) is 0 Å². The van der Waals surface area contributed by atoms with Crippen LogP contribution in [-0.4, -0.2) is 58.1 Å². The third-order valence-electron chi connectivity index (χ3n) is 4.70. The van der Waals surface area contributed by atoms with Crippen LogP contribution in [-0.2, 0) is 6.61 Å². The van der Waals surface area contributed by atoms with Crippen LogP contribution >= 0.6 is 0 Å². The summed E-state index contributed by atoms with van der Waals surface area (Å²) < 4.78 is 10.5. The summed E-state index contributed by atoms with van der Waals surface area (Å²) in [4.78, 5) is 21.1. The number of hydrogen-bond acceptors (Lipinski definition) is 6. The Bertz CT molecular complexity index is 731. The number of piperazine rings is 1. The van der Waals surface area contributed by atoms with Gasteiger partial charge in [-0.15, -0.1) is 0 Å². The van der Waals surface area contributed by atoms with E-state index in [2.05, 4.69) is 15.0 Å². The summed E-state index contributed by atoms with van der Waals surface area (Å²) in [5, 5.41) is 3.78. The summed E-state index contributed by atoms with van der Waals surface area (Å²) in [6.45, 7) is 5.58. The molecule has 4 rings (SSSR count). The van der Waals surface area contributed by atoms with Crippen LogP contribution in [0.25, 0.3) is 0 Å². The molecule has 1 saturated carbocycles. The molecular weight excluding hydrogens is 320 g/mol. The van der Waals surface area contributed by atoms with E-state index >= 15 is 0 Å². The normalized spacial score (nSPS) is 18.4. The molecule has 0 unspecified atom stereocenters. The first-order valence-electron chi connectivity index (χ1n) is 8.74. The largest absolute Gasteiger partial charge is 0.485 e. The van der Waals surface area contributed by atoms with Crippen LogP contribution in [0.5, 0.6) is 5.75 Å². The molecule has 2 fully saturated rings. The van der Waals surface area contributed by atoms with Gasteiger partial charge in [-0.3, -0.25) is 9.69 Å². The third-order valence-corrected chi connectivity index (χ3v) is 4.70. The summed E-state index contributed by atoms with van der Waals surface area (Å²) in [5.41, 5.74) is 0.697. The van der Waals surface area contributed by atoms with Crippen molar-refractivity contribution >= 4 is 5.91 Å². The van der Waals surface area contributed by atoms with Crippen LogP contribution in [0.15, 0.2) is 28.8 Å². The molecule has 1 saturated heterocycles. The first kappa shape index (κ1) is 16.1. The molecule has 0 radical (unpaired) electrons. The fraction of sp³-hybridized carbons (Fsp3) is 0.500. The summed E-state index contributed by atoms with van der Waals surface area (Å²) in [7, 11) is 0. The zero-order chi connectivity index (χ0) is 17.2. The maximum absolute atomic E-state index is 12.6. The van der Waals surface area contributed by atoms with Crippen LogP contribution < -0.4 is 4.74 Å². The Morgan fingerprint density at radius 1 is 1.20 bits per heavy atom. The van der Waals surface area contributed by atoms with Gasteiger partial charge in [0.05, 0.1) is 0 Å². The molecule has 1 aromatic carbocycles. The van der Waals surface area contributed by atoms with Gasteiger partial charge in [-0.25, -0.2) is 0 Å². The Kier molecular flexibility index (Phi) is 4.40. The van der Waals surface area contributed by atoms with Crippen molar-refractivity contribution in [3.05, 3.63) is 41.5 Å². The Morgan fingerprint density at radius 2 is 1.92 bits per heavy atom. The van der Waals surface area contributed by atoms with Crippen molar-refractivity contribution in [3.8, 4) is 5.75 Å². The molecule has 0 bridgehead atoms. The number of carbonyl (C=O) groups is 1. The van der Waals surface area contributed by atoms with Gasteiger partial charge >= 0.3 is 0 Å². The summed E-state index contributed by atoms with van der Waals surface area (Å²) >= 11 is 0. The van der Waals surface area contributed by atoms with E-state index in [4.69, 9.17) is 9.26 Å². The second kappa shape index (κ2) is 6.84. The molecule has 1 aliphatic heterocycles. The first-order valence-corrected chi connectivity index (χ1v) is 8.74. The predicted molar refractivity (Wildman–Crippen MR) is 90.3 cm³/mol. The Morgan fingerprint density at radius 3 is 2.52 bits per heavy atom. The van der Waals surface area contributed by atoms with E-state index in [1.165, 1.54) is 12.8 Å². The number of amides is 1. The number of nitrogens with zero attached hydrogens (tertiary/aromatic N) is 4. The summed E-state index contributed by atoms with van der Waals surface area (Å²) in [6.07, 6.45) is 2.64. The number of aromatic nitrogens is 2. The average Bonchev–Trinajstić information content (AvgIpc) is 3.42. The highest BCUT2D eigenvalue weighted by Gasteiger charge is 2.32. The minimum Gasteiger partial charge on any atom is -0.485 e. The van der Waals surface area contributed by atoms with Crippen molar-refractivity contribution in [1.82, 2.24) is 19.9 Å². The lowest BCUT2D eigenvalue weighted by molar-refractivity contribution is 0.0627. The predicted octanol–water partition coefficient (Wildman–Crippen LogP) is 1.88. The molecule has 0 atom stereocenters. The second-order valence-corrected chi connectivity index (χ2v) is 6.60. The van der Waals surface area contributed by atoms with Crippen LogP contribution in [0.3, 0.4) is 0 Å². The molecule has 0 spiro atoms. The lowest BCUT2D eigenvalue weighted by Gasteiger charge is -2.34. The molecule has 1 aliphatic carbocycles. The minimum atomic E-state index is 0.0933. The van der Waals surface area contributed by atoms with E-state index in [0.29, 0.717) is 23.0 Å². The van der Waals surface area contributed by atoms with Gasteiger partial charge in [0.1, 0.15) is 5.75 Å². The molecule has 1 aromatic heterocycles. The molecule has 7 nitrogen and oxygen atoms in total. The van der Waals surface area contributed by atoms with Gasteiger partial charge < -0.3 is 14.2 Å². The highest BCUT2D eigenvalue weighted by atomic mass is 16.5. The Hall–Kier alpha value is -2.41. The third kappa shape index (κ3) is 3.82. The molecule has 1 amide bonds. The smallest absolute Gasteiger partial charge is 0.253 e. The van der Waals surface area contributed by atoms with Gasteiger partial charge in [-0.05, 0) is 37.1 Å². The lowest BCUT2D eigenvalue weighted by atomic mass is 10.1. The summed E-state index contributed by atoms with van der Waals surface area (Å²) in [5.74, 6) is 1.79. The molecule has 7 heteroatoms. The van der Waals surface area contributed by atoms with E-state index in [9.17, 15) is 4.79 Å². The minimum absolute atomic E-state index is 0.0933. The number of aryl methyl sites for hydroxylation is 1. The van der Waals surface area contributed by atoms with Crippen molar-refractivity contribution in [1.29, 1.82) is 0 Å². The fourth-order valence-corrected chi connectivity index (χ4v) is 3.15. The fourth-order valence-electron chi connectivity index (χ4n) is 3.15. The highest BCUT2D eigenvalue weighted by molar-refractivity contribution is 5.94. The number of ether oxygens (including phenoxy) is 1. The molecule has 132 valence electrons. The van der Waals surface area contributed by atoms with Crippen molar-refractivity contribution in [3.63, 3.8) is 0 Å². The number of carbonyl (C=O) groups excluding carboxylic acids is 1. The van der Waals surface area contributed by atoms with Crippen molar-refractivity contribution < 1.29 is 14.1 Å². The molecular formula is C18H22N4O3. The van der Waals surface area contributed by atoms with E-state index in [1.807, 2.05) is 17.0 Å². The van der Waals surface area contributed by atoms with Crippen LogP contribution in [0, 0.1) is 6.92 Å². The monoisotopic (exact) mass is 342 g/mol. The zero-order valence-corrected chi connectivity index (χ0v) is 14.4. The first-order chi connectivity index (χ1) is 12.2. The maximum Gasteiger partial charge on any atom is 0.253 e. The van der Waals surface area contributed by atoms with E-state index in [1.54, 1.807) is 19.1 Å². The summed E-state index contributed by atoms with van der Waals surface area (Å²) in [6, 6.07) is 8.01. The van der Waals surface area contributed by atoms with Gasteiger partial charge in [-0.1, -0.05) is 5.16 Å². The quantitative estimate of drug-likeness (QED) is 0.826. The lowest BCUT2D eigenvalue weighted by Crippen LogP contribution is -2.49. The van der Waals surface area contributed by atoms with Gasteiger partial charge in [0, 0.05) is 44.7 Å². The van der Waals surface area contributed by atoms with Gasteiger partial charge in [0.15, 0.2) is 6.61 Å². The van der Waals surface area contributed by atoms with E-state index in [0.717, 1.165) is 32.2 Å². The topological polar surface area (TPSA) is 71.7 Å². The highest BCUT2D eigenvalue weighted by Crippen LogP contribution is 2.27. The zero-order valence-electron chi connectivity index (χ0n) is 14.4. The van der Waals surface area contributed by atoms with Gasteiger partial charge in [-0.2, -0.15) is 4.98 Å². The standard InChI is InChI=1S/C18H22N4O3/c1-13-19-17(20-25-13)12-24-16-6-2-14(3-7-16)18(23)22-10-8-21(9-11-22)15-4-5-15/h2-3,6-7,15H,4-5,8-12H2,1H3. The molecule has 2 heterocycles. The van der Waals surface area contributed by atoms with Gasteiger partial charge in [0.2, 0.25) is 11.7 Å². The Labute approximate surface area is 146 Å².